The Hall–Kier alpha value is -1.23. The molecule has 0 spiro atoms. The zero-order chi connectivity index (χ0) is 10.7. The molecule has 0 unspecified atom stereocenters. The number of hydrogen-bond donors (Lipinski definition) is 0. The first-order valence-corrected chi connectivity index (χ1v) is 3.95. The summed E-state index contributed by atoms with van der Waals surface area (Å²) in [7, 11) is 1.22. The van der Waals surface area contributed by atoms with E-state index in [0.717, 1.165) is 6.07 Å². The highest BCUT2D eigenvalue weighted by atomic mass is 35.5. The highest BCUT2D eigenvalue weighted by Crippen LogP contribution is 2.30. The van der Waals surface area contributed by atoms with Crippen LogP contribution in [0, 0.1) is 0 Å². The van der Waals surface area contributed by atoms with E-state index in [4.69, 9.17) is 11.6 Å². The lowest BCUT2D eigenvalue weighted by Crippen LogP contribution is -2.00. The van der Waals surface area contributed by atoms with Crippen molar-refractivity contribution in [2.75, 3.05) is 7.11 Å². The highest BCUT2D eigenvalue weighted by Gasteiger charge is 2.18. The van der Waals surface area contributed by atoms with Gasteiger partial charge in [0.2, 0.25) is 0 Å². The van der Waals surface area contributed by atoms with Crippen LogP contribution in [0.4, 0.5) is 8.78 Å². The minimum absolute atomic E-state index is 0.0127. The summed E-state index contributed by atoms with van der Waals surface area (Å²) in [5.74, 6) is -0.129. The molecule has 0 aliphatic rings. The zero-order valence-corrected chi connectivity index (χ0v) is 7.89. The number of nitrogens with zero attached hydrogens (tertiary/aromatic N) is 1. The SMILES string of the molecule is COc1cc(Cl)c(C=O)nc1C(F)F. The van der Waals surface area contributed by atoms with Gasteiger partial charge in [-0.25, -0.2) is 13.8 Å². The van der Waals surface area contributed by atoms with Gasteiger partial charge in [0.1, 0.15) is 17.1 Å². The second-order valence-electron chi connectivity index (χ2n) is 2.36. The van der Waals surface area contributed by atoms with Gasteiger partial charge in [-0.05, 0) is 0 Å². The Morgan fingerprint density at radius 2 is 2.29 bits per heavy atom. The maximum Gasteiger partial charge on any atom is 0.284 e. The number of carbonyl (C=O) groups excluding carboxylic acids is 1. The van der Waals surface area contributed by atoms with E-state index >= 15 is 0 Å². The van der Waals surface area contributed by atoms with Crippen LogP contribution in [0.15, 0.2) is 6.07 Å². The van der Waals surface area contributed by atoms with Crippen LogP contribution in [0.3, 0.4) is 0 Å². The molecule has 0 aliphatic carbocycles. The molecule has 0 aromatic carbocycles. The van der Waals surface area contributed by atoms with E-state index in [0.29, 0.717) is 6.29 Å². The second kappa shape index (κ2) is 4.32. The summed E-state index contributed by atoms with van der Waals surface area (Å²) in [5.41, 5.74) is -0.804. The van der Waals surface area contributed by atoms with Crippen LogP contribution in [0.2, 0.25) is 5.02 Å². The predicted octanol–water partition coefficient (Wildman–Crippen LogP) is 2.49. The summed E-state index contributed by atoms with van der Waals surface area (Å²) in [5, 5.41) is -0.0127. The zero-order valence-electron chi connectivity index (χ0n) is 7.13. The van der Waals surface area contributed by atoms with E-state index in [1.165, 1.54) is 7.11 Å². The lowest BCUT2D eigenvalue weighted by molar-refractivity contribution is 0.111. The molecule has 0 N–H and O–H groups in total. The van der Waals surface area contributed by atoms with Crippen molar-refractivity contribution in [1.82, 2.24) is 4.98 Å². The van der Waals surface area contributed by atoms with Crippen LogP contribution >= 0.6 is 11.6 Å². The fraction of sp³-hybridized carbons (Fsp3) is 0.250. The first-order chi connectivity index (χ1) is 6.60. The molecular weight excluding hydrogens is 216 g/mol. The van der Waals surface area contributed by atoms with Gasteiger partial charge in [-0.15, -0.1) is 0 Å². The Morgan fingerprint density at radius 1 is 1.64 bits per heavy atom. The molecule has 0 radical (unpaired) electrons. The number of ether oxygens (including phenoxy) is 1. The van der Waals surface area contributed by atoms with E-state index in [1.807, 2.05) is 0 Å². The average Bonchev–Trinajstić information content (AvgIpc) is 2.16. The monoisotopic (exact) mass is 221 g/mol. The smallest absolute Gasteiger partial charge is 0.284 e. The van der Waals surface area contributed by atoms with E-state index in [-0.39, 0.29) is 16.5 Å². The molecule has 76 valence electrons. The maximum atomic E-state index is 12.4. The van der Waals surface area contributed by atoms with Gasteiger partial charge in [-0.1, -0.05) is 11.6 Å². The first kappa shape index (κ1) is 10.8. The first-order valence-electron chi connectivity index (χ1n) is 3.58. The van der Waals surface area contributed by atoms with Gasteiger partial charge in [0, 0.05) is 6.07 Å². The molecule has 0 saturated heterocycles. The second-order valence-corrected chi connectivity index (χ2v) is 2.77. The fourth-order valence-electron chi connectivity index (χ4n) is 0.904. The summed E-state index contributed by atoms with van der Waals surface area (Å²) in [4.78, 5) is 13.8. The van der Waals surface area contributed by atoms with Crippen LogP contribution in [-0.4, -0.2) is 18.4 Å². The van der Waals surface area contributed by atoms with Gasteiger partial charge in [-0.2, -0.15) is 0 Å². The third kappa shape index (κ3) is 1.98. The third-order valence-electron chi connectivity index (χ3n) is 1.53. The number of alkyl halides is 2. The molecule has 0 fully saturated rings. The van der Waals surface area contributed by atoms with Crippen LogP contribution < -0.4 is 4.74 Å². The number of hydrogen-bond acceptors (Lipinski definition) is 3. The summed E-state index contributed by atoms with van der Waals surface area (Å²) < 4.78 is 29.4. The third-order valence-corrected chi connectivity index (χ3v) is 1.84. The molecule has 0 saturated carbocycles. The molecule has 6 heteroatoms. The van der Waals surface area contributed by atoms with Gasteiger partial charge in [0.25, 0.3) is 6.43 Å². The van der Waals surface area contributed by atoms with Crippen molar-refractivity contribution in [1.29, 1.82) is 0 Å². The van der Waals surface area contributed by atoms with Crippen molar-refractivity contribution < 1.29 is 18.3 Å². The van der Waals surface area contributed by atoms with E-state index in [2.05, 4.69) is 9.72 Å². The van der Waals surface area contributed by atoms with Gasteiger partial charge in [-0.3, -0.25) is 4.79 Å². The number of carbonyl (C=O) groups is 1. The molecular formula is C8H6ClF2NO2. The van der Waals surface area contributed by atoms with Gasteiger partial charge in [0.05, 0.1) is 12.1 Å². The molecule has 0 atom stereocenters. The molecule has 0 aliphatic heterocycles. The van der Waals surface area contributed by atoms with Crippen molar-refractivity contribution in [2.45, 2.75) is 6.43 Å². The normalized spacial score (nSPS) is 10.4. The topological polar surface area (TPSA) is 39.2 Å². The molecule has 0 bridgehead atoms. The summed E-state index contributed by atoms with van der Waals surface area (Å²) in [6.45, 7) is 0. The van der Waals surface area contributed by atoms with Crippen molar-refractivity contribution in [3.05, 3.63) is 22.5 Å². The number of aldehydes is 1. The summed E-state index contributed by atoms with van der Waals surface area (Å²) in [6.07, 6.45) is -2.49. The Labute approximate surface area is 83.7 Å². The fourth-order valence-corrected chi connectivity index (χ4v) is 1.09. The Kier molecular flexibility index (Phi) is 3.35. The summed E-state index contributed by atoms with van der Waals surface area (Å²) in [6, 6.07) is 1.14. The maximum absolute atomic E-state index is 12.4. The van der Waals surface area contributed by atoms with E-state index in [1.54, 1.807) is 0 Å². The minimum Gasteiger partial charge on any atom is -0.495 e. The van der Waals surface area contributed by atoms with Crippen molar-refractivity contribution in [2.24, 2.45) is 0 Å². The van der Waals surface area contributed by atoms with Crippen molar-refractivity contribution in [3.8, 4) is 5.75 Å². The molecule has 1 heterocycles. The highest BCUT2D eigenvalue weighted by molar-refractivity contribution is 6.32. The number of halogens is 3. The van der Waals surface area contributed by atoms with E-state index in [9.17, 15) is 13.6 Å². The van der Waals surface area contributed by atoms with Crippen LogP contribution in [0.1, 0.15) is 22.6 Å². The lowest BCUT2D eigenvalue weighted by atomic mass is 10.3. The van der Waals surface area contributed by atoms with Crippen LogP contribution in [0.5, 0.6) is 5.75 Å². The standard InChI is InChI=1S/C8H6ClF2NO2/c1-14-6-2-4(9)5(3-13)12-7(6)8(10)11/h2-3,8H,1H3. The Morgan fingerprint density at radius 3 is 2.71 bits per heavy atom. The lowest BCUT2D eigenvalue weighted by Gasteiger charge is -2.07. The van der Waals surface area contributed by atoms with Gasteiger partial charge >= 0.3 is 0 Å². The Bertz CT molecular complexity index is 357. The summed E-state index contributed by atoms with van der Waals surface area (Å²) >= 11 is 5.57. The minimum atomic E-state index is -2.80. The van der Waals surface area contributed by atoms with Gasteiger partial charge < -0.3 is 4.74 Å². The average molecular weight is 222 g/mol. The van der Waals surface area contributed by atoms with Crippen LogP contribution in [0.25, 0.3) is 0 Å². The number of aromatic nitrogens is 1. The Balaban J connectivity index is 3.32. The molecule has 3 nitrogen and oxygen atoms in total. The molecule has 1 aromatic rings. The number of rotatable bonds is 3. The predicted molar refractivity (Wildman–Crippen MR) is 46.1 cm³/mol. The molecule has 14 heavy (non-hydrogen) atoms. The number of pyridine rings is 1. The van der Waals surface area contributed by atoms with Crippen LogP contribution in [-0.2, 0) is 0 Å². The quantitative estimate of drug-likeness (QED) is 0.736. The molecule has 1 rings (SSSR count). The van der Waals surface area contributed by atoms with E-state index < -0.39 is 12.1 Å². The largest absolute Gasteiger partial charge is 0.495 e. The number of methoxy groups -OCH3 is 1. The van der Waals surface area contributed by atoms with Crippen molar-refractivity contribution in [3.63, 3.8) is 0 Å². The van der Waals surface area contributed by atoms with Gasteiger partial charge in [0.15, 0.2) is 6.29 Å². The molecule has 1 aromatic heterocycles. The van der Waals surface area contributed by atoms with Crippen molar-refractivity contribution >= 4 is 17.9 Å². The molecule has 0 amide bonds.